The smallest absolute Gasteiger partial charge is 0.337 e. The first kappa shape index (κ1) is 18.7. The highest BCUT2D eigenvalue weighted by Crippen LogP contribution is 2.37. The summed E-state index contributed by atoms with van der Waals surface area (Å²) in [6.45, 7) is -0.0882. The summed E-state index contributed by atoms with van der Waals surface area (Å²) < 4.78 is 52.1. The first-order valence-electron chi connectivity index (χ1n) is 6.57. The van der Waals surface area contributed by atoms with E-state index in [4.69, 9.17) is 0 Å². The standard InChI is InChI=1S/C15H11BrF4N2OS/c1-22(8-9-7-10(16)4-5-12(9)17)14(23)11-3-2-6-21-13(11)24-15(18,19)20/h2-7H,8H2,1H3. The number of benzene rings is 1. The molecule has 1 aromatic carbocycles. The van der Waals surface area contributed by atoms with Crippen LogP contribution >= 0.6 is 27.7 Å². The topological polar surface area (TPSA) is 33.2 Å². The maximum Gasteiger partial charge on any atom is 0.447 e. The number of alkyl halides is 3. The molecular weight excluding hydrogens is 412 g/mol. The van der Waals surface area contributed by atoms with Gasteiger partial charge in [0.1, 0.15) is 10.8 Å². The lowest BCUT2D eigenvalue weighted by Gasteiger charge is -2.19. The van der Waals surface area contributed by atoms with Crippen molar-refractivity contribution in [2.45, 2.75) is 17.1 Å². The SMILES string of the molecule is CN(Cc1cc(Br)ccc1F)C(=O)c1cccnc1SC(F)(F)F. The molecule has 0 fully saturated rings. The molecule has 0 bridgehead atoms. The van der Waals surface area contributed by atoms with Crippen molar-refractivity contribution in [1.29, 1.82) is 0 Å². The normalized spacial score (nSPS) is 11.4. The molecule has 128 valence electrons. The summed E-state index contributed by atoms with van der Waals surface area (Å²) in [5.41, 5.74) is -4.50. The van der Waals surface area contributed by atoms with Crippen molar-refractivity contribution < 1.29 is 22.4 Å². The van der Waals surface area contributed by atoms with Gasteiger partial charge in [0.2, 0.25) is 0 Å². The second-order valence-corrected chi connectivity index (χ2v) is 6.77. The molecule has 24 heavy (non-hydrogen) atoms. The van der Waals surface area contributed by atoms with Crippen molar-refractivity contribution in [3.8, 4) is 0 Å². The summed E-state index contributed by atoms with van der Waals surface area (Å²) in [6.07, 6.45) is 1.18. The van der Waals surface area contributed by atoms with Gasteiger partial charge in [0.05, 0.1) is 5.56 Å². The fourth-order valence-corrected chi connectivity index (χ4v) is 2.95. The monoisotopic (exact) mass is 422 g/mol. The number of thioether (sulfide) groups is 1. The average Bonchev–Trinajstić information content (AvgIpc) is 2.49. The molecule has 9 heteroatoms. The molecule has 0 saturated heterocycles. The van der Waals surface area contributed by atoms with Crippen LogP contribution in [0.4, 0.5) is 17.6 Å². The van der Waals surface area contributed by atoms with E-state index in [0.717, 1.165) is 4.90 Å². The Kier molecular flexibility index (Phi) is 5.87. The molecule has 0 aliphatic heterocycles. The van der Waals surface area contributed by atoms with E-state index in [9.17, 15) is 22.4 Å². The van der Waals surface area contributed by atoms with Crippen molar-refractivity contribution in [2.24, 2.45) is 0 Å². The Balaban J connectivity index is 2.24. The lowest BCUT2D eigenvalue weighted by atomic mass is 10.2. The van der Waals surface area contributed by atoms with Gasteiger partial charge in [0.25, 0.3) is 5.91 Å². The van der Waals surface area contributed by atoms with Crippen LogP contribution in [0.3, 0.4) is 0 Å². The summed E-state index contributed by atoms with van der Waals surface area (Å²) >= 11 is 2.75. The van der Waals surface area contributed by atoms with Crippen LogP contribution in [0, 0.1) is 5.82 Å². The van der Waals surface area contributed by atoms with Crippen LogP contribution in [0.15, 0.2) is 46.0 Å². The third kappa shape index (κ3) is 4.94. The fourth-order valence-electron chi connectivity index (χ4n) is 1.94. The van der Waals surface area contributed by atoms with Crippen LogP contribution in [0.1, 0.15) is 15.9 Å². The van der Waals surface area contributed by atoms with Gasteiger partial charge in [-0.1, -0.05) is 15.9 Å². The largest absolute Gasteiger partial charge is 0.447 e. The molecular formula is C15H11BrF4N2OS. The van der Waals surface area contributed by atoms with Crippen LogP contribution in [0.2, 0.25) is 0 Å². The number of rotatable bonds is 4. The number of hydrogen-bond donors (Lipinski definition) is 0. The zero-order chi connectivity index (χ0) is 17.9. The van der Waals surface area contributed by atoms with E-state index in [-0.39, 0.29) is 17.7 Å². The van der Waals surface area contributed by atoms with Gasteiger partial charge in [-0.2, -0.15) is 13.2 Å². The average molecular weight is 423 g/mol. The zero-order valence-corrected chi connectivity index (χ0v) is 14.7. The van der Waals surface area contributed by atoms with E-state index in [0.29, 0.717) is 4.47 Å². The number of carbonyl (C=O) groups excluding carboxylic acids is 1. The van der Waals surface area contributed by atoms with Crippen LogP contribution in [-0.2, 0) is 6.54 Å². The Bertz CT molecular complexity index is 754. The molecule has 0 saturated carbocycles. The molecule has 0 spiro atoms. The Morgan fingerprint density at radius 1 is 1.33 bits per heavy atom. The van der Waals surface area contributed by atoms with Crippen LogP contribution in [0.5, 0.6) is 0 Å². The minimum absolute atomic E-state index is 0.0882. The molecule has 0 aliphatic carbocycles. The second kappa shape index (κ2) is 7.52. The number of halogens is 5. The van der Waals surface area contributed by atoms with Crippen molar-refractivity contribution in [3.05, 3.63) is 57.9 Å². The van der Waals surface area contributed by atoms with Gasteiger partial charge in [-0.05, 0) is 30.3 Å². The van der Waals surface area contributed by atoms with Crippen molar-refractivity contribution in [3.63, 3.8) is 0 Å². The van der Waals surface area contributed by atoms with Crippen LogP contribution < -0.4 is 0 Å². The van der Waals surface area contributed by atoms with Crippen LogP contribution in [-0.4, -0.2) is 28.3 Å². The highest BCUT2D eigenvalue weighted by Gasteiger charge is 2.32. The van der Waals surface area contributed by atoms with Crippen molar-refractivity contribution in [1.82, 2.24) is 9.88 Å². The van der Waals surface area contributed by atoms with Crippen molar-refractivity contribution >= 4 is 33.6 Å². The number of nitrogens with zero attached hydrogens (tertiary/aromatic N) is 2. The zero-order valence-electron chi connectivity index (χ0n) is 12.3. The summed E-state index contributed by atoms with van der Waals surface area (Å²) in [7, 11) is 1.39. The molecule has 3 nitrogen and oxygen atoms in total. The van der Waals surface area contributed by atoms with Gasteiger partial charge < -0.3 is 4.90 Å². The summed E-state index contributed by atoms with van der Waals surface area (Å²) in [5.74, 6) is -1.18. The molecule has 1 amide bonds. The highest BCUT2D eigenvalue weighted by atomic mass is 79.9. The number of carbonyl (C=O) groups is 1. The first-order chi connectivity index (χ1) is 11.2. The Hall–Kier alpha value is -1.61. The van der Waals surface area contributed by atoms with Crippen LogP contribution in [0.25, 0.3) is 0 Å². The first-order valence-corrected chi connectivity index (χ1v) is 8.18. The highest BCUT2D eigenvalue weighted by molar-refractivity contribution is 9.10. The molecule has 1 aromatic heterocycles. The lowest BCUT2D eigenvalue weighted by Crippen LogP contribution is -2.27. The summed E-state index contributed by atoms with van der Waals surface area (Å²) in [6, 6.07) is 6.90. The van der Waals surface area contributed by atoms with E-state index >= 15 is 0 Å². The van der Waals surface area contributed by atoms with Gasteiger partial charge in [0.15, 0.2) is 0 Å². The molecule has 0 N–H and O–H groups in total. The number of hydrogen-bond acceptors (Lipinski definition) is 3. The van der Waals surface area contributed by atoms with Crippen molar-refractivity contribution in [2.75, 3.05) is 7.05 Å². The number of aromatic nitrogens is 1. The molecule has 0 aliphatic rings. The van der Waals surface area contributed by atoms with E-state index in [1.165, 1.54) is 43.6 Å². The van der Waals surface area contributed by atoms with Gasteiger partial charge in [-0.25, -0.2) is 9.37 Å². The molecule has 0 radical (unpaired) electrons. The third-order valence-corrected chi connectivity index (χ3v) is 4.22. The molecule has 0 atom stereocenters. The number of pyridine rings is 1. The molecule has 2 aromatic rings. The second-order valence-electron chi connectivity index (χ2n) is 4.80. The predicted molar refractivity (Wildman–Crippen MR) is 86.0 cm³/mol. The summed E-state index contributed by atoms with van der Waals surface area (Å²) in [4.78, 5) is 17.2. The molecule has 0 unspecified atom stereocenters. The molecule has 2 rings (SSSR count). The quantitative estimate of drug-likeness (QED) is 0.520. The minimum Gasteiger partial charge on any atom is -0.337 e. The minimum atomic E-state index is -4.56. The van der Waals surface area contributed by atoms with E-state index in [2.05, 4.69) is 20.9 Å². The maximum absolute atomic E-state index is 13.8. The van der Waals surface area contributed by atoms with E-state index in [1.54, 1.807) is 0 Å². The van der Waals surface area contributed by atoms with Gasteiger partial charge >= 0.3 is 5.51 Å². The Morgan fingerprint density at radius 3 is 2.71 bits per heavy atom. The summed E-state index contributed by atoms with van der Waals surface area (Å²) in [5, 5.41) is -0.434. The van der Waals surface area contributed by atoms with Gasteiger partial charge in [-0.3, -0.25) is 4.79 Å². The number of amides is 1. The van der Waals surface area contributed by atoms with Gasteiger partial charge in [0, 0.05) is 41.6 Å². The van der Waals surface area contributed by atoms with Gasteiger partial charge in [-0.15, -0.1) is 0 Å². The van der Waals surface area contributed by atoms with E-state index < -0.39 is 34.0 Å². The predicted octanol–water partition coefficient (Wildman–Crippen LogP) is 4.87. The lowest BCUT2D eigenvalue weighted by molar-refractivity contribution is -0.0329. The molecule has 1 heterocycles. The van der Waals surface area contributed by atoms with E-state index in [1.807, 2.05) is 0 Å². The Morgan fingerprint density at radius 2 is 2.04 bits per heavy atom. The fraction of sp³-hybridized carbons (Fsp3) is 0.200. The third-order valence-electron chi connectivity index (χ3n) is 2.98. The maximum atomic E-state index is 13.8. The Labute approximate surface area is 148 Å².